The Morgan fingerprint density at radius 1 is 1.03 bits per heavy atom. The molecule has 1 aliphatic rings. The van der Waals surface area contributed by atoms with E-state index in [0.29, 0.717) is 22.0 Å². The van der Waals surface area contributed by atoms with E-state index in [2.05, 4.69) is 10.1 Å². The first kappa shape index (κ1) is 24.1. The predicted octanol–water partition coefficient (Wildman–Crippen LogP) is 2.63. The number of nitrogens with zero attached hydrogens (tertiary/aromatic N) is 2. The third-order valence-electron chi connectivity index (χ3n) is 4.90. The Morgan fingerprint density at radius 2 is 1.67 bits per heavy atom. The minimum atomic E-state index is -1.01. The number of anilines is 2. The summed E-state index contributed by atoms with van der Waals surface area (Å²) in [6.07, 6.45) is -0.265. The van der Waals surface area contributed by atoms with E-state index in [0.717, 1.165) is 0 Å². The number of benzene rings is 2. The average molecular weight is 490 g/mol. The number of nitrogens with one attached hydrogen (secondary N) is 1. The van der Waals surface area contributed by atoms with Gasteiger partial charge in [0.2, 0.25) is 5.91 Å². The summed E-state index contributed by atoms with van der Waals surface area (Å²) in [5.41, 5.74) is 1.22. The number of thiocarbonyl (C=S) groups is 1. The lowest BCUT2D eigenvalue weighted by atomic mass is 10.1. The third-order valence-corrected chi connectivity index (χ3v) is 5.57. The van der Waals surface area contributed by atoms with Crippen LogP contribution in [-0.2, 0) is 23.9 Å². The number of hydrogen-bond acceptors (Lipinski definition) is 7. The Kier molecular flexibility index (Phi) is 7.62. The highest BCUT2D eigenvalue weighted by Crippen LogP contribution is 2.28. The second-order valence-corrected chi connectivity index (χ2v) is 7.78. The normalized spacial score (nSPS) is 15.4. The third kappa shape index (κ3) is 5.47. The Hall–Kier alpha value is -3.50. The van der Waals surface area contributed by atoms with Crippen LogP contribution in [0.3, 0.4) is 0 Å². The van der Waals surface area contributed by atoms with Crippen LogP contribution < -0.4 is 10.2 Å². The molecule has 11 heteroatoms. The monoisotopic (exact) mass is 489 g/mol. The maximum Gasteiger partial charge on any atom is 0.337 e. The smallest absolute Gasteiger partial charge is 0.337 e. The van der Waals surface area contributed by atoms with E-state index in [-0.39, 0.29) is 18.1 Å². The van der Waals surface area contributed by atoms with E-state index < -0.39 is 29.8 Å². The van der Waals surface area contributed by atoms with Gasteiger partial charge in [0.25, 0.3) is 5.91 Å². The highest BCUT2D eigenvalue weighted by Gasteiger charge is 2.45. The van der Waals surface area contributed by atoms with Gasteiger partial charge < -0.3 is 19.7 Å². The number of carbonyl (C=O) groups excluding carboxylic acids is 4. The number of ether oxygens (including phenoxy) is 2. The maximum atomic E-state index is 13.2. The van der Waals surface area contributed by atoms with Crippen molar-refractivity contribution in [1.82, 2.24) is 4.90 Å². The van der Waals surface area contributed by atoms with E-state index >= 15 is 0 Å². The SMILES string of the molecule is COC(=O)CN1C(=S)N(c2ccc(Cl)cc2)C(=O)[C@@H]1CC(=O)Nc1ccc(C(=O)OC)cc1. The molecule has 0 radical (unpaired) electrons. The molecule has 0 saturated carbocycles. The molecule has 3 rings (SSSR count). The summed E-state index contributed by atoms with van der Waals surface area (Å²) in [5.74, 6) is -2.04. The molecule has 0 spiro atoms. The molecule has 1 atom stereocenters. The Balaban J connectivity index is 1.79. The molecule has 0 aromatic heterocycles. The first-order valence-corrected chi connectivity index (χ1v) is 10.5. The fourth-order valence-corrected chi connectivity index (χ4v) is 3.75. The van der Waals surface area contributed by atoms with Crippen molar-refractivity contribution in [2.75, 3.05) is 31.0 Å². The van der Waals surface area contributed by atoms with Gasteiger partial charge in [-0.25, -0.2) is 4.79 Å². The van der Waals surface area contributed by atoms with Crippen molar-refractivity contribution in [3.05, 3.63) is 59.1 Å². The van der Waals surface area contributed by atoms with Gasteiger partial charge in [0.15, 0.2) is 5.11 Å². The van der Waals surface area contributed by atoms with Crippen LogP contribution in [0.15, 0.2) is 48.5 Å². The summed E-state index contributed by atoms with van der Waals surface area (Å²) in [7, 11) is 2.49. The van der Waals surface area contributed by atoms with Gasteiger partial charge >= 0.3 is 11.9 Å². The van der Waals surface area contributed by atoms with Crippen LogP contribution in [0.4, 0.5) is 11.4 Å². The highest BCUT2D eigenvalue weighted by molar-refractivity contribution is 7.80. The molecule has 2 aromatic carbocycles. The van der Waals surface area contributed by atoms with Gasteiger partial charge in [-0.15, -0.1) is 0 Å². The van der Waals surface area contributed by atoms with Crippen molar-refractivity contribution >= 4 is 64.1 Å². The van der Waals surface area contributed by atoms with Crippen LogP contribution in [0, 0.1) is 0 Å². The summed E-state index contributed by atoms with van der Waals surface area (Å²) in [6.45, 7) is -0.295. The molecular weight excluding hydrogens is 470 g/mol. The molecule has 9 nitrogen and oxygen atoms in total. The maximum absolute atomic E-state index is 13.2. The summed E-state index contributed by atoms with van der Waals surface area (Å²) < 4.78 is 9.36. The molecule has 0 bridgehead atoms. The lowest BCUT2D eigenvalue weighted by molar-refractivity contribution is -0.141. The van der Waals surface area contributed by atoms with Crippen LogP contribution in [-0.4, -0.2) is 60.6 Å². The molecule has 1 saturated heterocycles. The number of esters is 2. The van der Waals surface area contributed by atoms with Gasteiger partial charge in [-0.1, -0.05) is 11.6 Å². The molecule has 1 fully saturated rings. The number of rotatable bonds is 7. The molecule has 1 aliphatic heterocycles. The van der Waals surface area contributed by atoms with Crippen molar-refractivity contribution in [1.29, 1.82) is 0 Å². The van der Waals surface area contributed by atoms with Gasteiger partial charge in [0.1, 0.15) is 12.6 Å². The van der Waals surface area contributed by atoms with Crippen molar-refractivity contribution in [3.8, 4) is 0 Å². The summed E-state index contributed by atoms with van der Waals surface area (Å²) in [5, 5.41) is 3.23. The van der Waals surface area contributed by atoms with Gasteiger partial charge in [-0.05, 0) is 60.7 Å². The van der Waals surface area contributed by atoms with Gasteiger partial charge in [-0.3, -0.25) is 19.3 Å². The minimum absolute atomic E-state index is 0.0768. The second kappa shape index (κ2) is 10.4. The van der Waals surface area contributed by atoms with Crippen LogP contribution in [0.2, 0.25) is 5.02 Å². The molecule has 2 aromatic rings. The number of methoxy groups -OCH3 is 2. The van der Waals surface area contributed by atoms with E-state index in [4.69, 9.17) is 28.6 Å². The summed E-state index contributed by atoms with van der Waals surface area (Å²) in [4.78, 5) is 52.0. The minimum Gasteiger partial charge on any atom is -0.468 e. The largest absolute Gasteiger partial charge is 0.468 e. The number of halogens is 1. The Labute approximate surface area is 200 Å². The highest BCUT2D eigenvalue weighted by atomic mass is 35.5. The van der Waals surface area contributed by atoms with Crippen LogP contribution >= 0.6 is 23.8 Å². The van der Waals surface area contributed by atoms with E-state index in [1.54, 1.807) is 24.3 Å². The molecular formula is C22H20ClN3O6S. The second-order valence-electron chi connectivity index (χ2n) is 6.97. The molecule has 33 heavy (non-hydrogen) atoms. The molecule has 172 valence electrons. The lowest BCUT2D eigenvalue weighted by Crippen LogP contribution is -2.41. The fourth-order valence-electron chi connectivity index (χ4n) is 3.24. The molecule has 0 aliphatic carbocycles. The Bertz CT molecular complexity index is 1090. The molecule has 2 amide bonds. The van der Waals surface area contributed by atoms with Crippen molar-refractivity contribution in [3.63, 3.8) is 0 Å². The van der Waals surface area contributed by atoms with Crippen LogP contribution in [0.1, 0.15) is 16.8 Å². The van der Waals surface area contributed by atoms with Crippen molar-refractivity contribution in [2.45, 2.75) is 12.5 Å². The van der Waals surface area contributed by atoms with Gasteiger partial charge in [0, 0.05) is 10.7 Å². The van der Waals surface area contributed by atoms with E-state index in [1.807, 2.05) is 0 Å². The molecule has 0 unspecified atom stereocenters. The van der Waals surface area contributed by atoms with Crippen LogP contribution in [0.5, 0.6) is 0 Å². The summed E-state index contributed by atoms with van der Waals surface area (Å²) >= 11 is 11.4. The zero-order valence-electron chi connectivity index (χ0n) is 17.7. The zero-order valence-corrected chi connectivity index (χ0v) is 19.3. The predicted molar refractivity (Wildman–Crippen MR) is 125 cm³/mol. The zero-order chi connectivity index (χ0) is 24.1. The van der Waals surface area contributed by atoms with E-state index in [1.165, 1.54) is 48.3 Å². The number of hydrogen-bond donors (Lipinski definition) is 1. The van der Waals surface area contributed by atoms with Crippen molar-refractivity contribution < 1.29 is 28.7 Å². The quantitative estimate of drug-likeness (QED) is 0.467. The van der Waals surface area contributed by atoms with Gasteiger partial charge in [-0.2, -0.15) is 0 Å². The standard InChI is InChI=1S/C22H20ClN3O6S/c1-31-19(28)12-25-17(20(29)26(22(25)33)16-9-5-14(23)6-10-16)11-18(27)24-15-7-3-13(4-8-15)21(30)32-2/h3-10,17H,11-12H2,1-2H3,(H,24,27)/t17-/m0/s1. The van der Waals surface area contributed by atoms with Crippen molar-refractivity contribution in [2.24, 2.45) is 0 Å². The molecule has 1 N–H and O–H groups in total. The average Bonchev–Trinajstić information content (AvgIpc) is 3.03. The van der Waals surface area contributed by atoms with Gasteiger partial charge in [0.05, 0.1) is 31.9 Å². The first-order chi connectivity index (χ1) is 15.7. The summed E-state index contributed by atoms with van der Waals surface area (Å²) in [6, 6.07) is 11.5. The number of amides is 2. The lowest BCUT2D eigenvalue weighted by Gasteiger charge is -2.22. The van der Waals surface area contributed by atoms with Crippen LogP contribution in [0.25, 0.3) is 0 Å². The molecule has 1 heterocycles. The Morgan fingerprint density at radius 3 is 2.24 bits per heavy atom. The fraction of sp³-hybridized carbons (Fsp3) is 0.227. The first-order valence-electron chi connectivity index (χ1n) is 9.70. The number of carbonyl (C=O) groups is 4. The topological polar surface area (TPSA) is 105 Å². The van der Waals surface area contributed by atoms with E-state index in [9.17, 15) is 19.2 Å².